The van der Waals surface area contributed by atoms with E-state index in [1.54, 1.807) is 0 Å². The monoisotopic (exact) mass is 282 g/mol. The molecule has 0 spiro atoms. The Balaban J connectivity index is 2.23. The lowest BCUT2D eigenvalue weighted by Crippen LogP contribution is -2.33. The van der Waals surface area contributed by atoms with Crippen molar-refractivity contribution in [2.45, 2.75) is 45.3 Å². The lowest BCUT2D eigenvalue weighted by atomic mass is 10.1. The average Bonchev–Trinajstić information content (AvgIpc) is 2.84. The highest BCUT2D eigenvalue weighted by Gasteiger charge is 2.25. The Hall–Kier alpha value is -0.770. The number of hydrogen-bond acceptors (Lipinski definition) is 3. The molecule has 1 unspecified atom stereocenters. The van der Waals surface area contributed by atoms with Crippen LogP contribution in [0.2, 0.25) is 5.02 Å². The molecule has 19 heavy (non-hydrogen) atoms. The zero-order chi connectivity index (χ0) is 13.8. The van der Waals surface area contributed by atoms with Gasteiger partial charge in [0, 0.05) is 29.8 Å². The molecule has 1 aromatic carbocycles. The number of aliphatic hydroxyl groups is 1. The molecule has 1 fully saturated rings. The number of halogens is 1. The van der Waals surface area contributed by atoms with Gasteiger partial charge in [-0.15, -0.1) is 0 Å². The minimum absolute atomic E-state index is 0.222. The highest BCUT2D eigenvalue weighted by Crippen LogP contribution is 2.30. The molecule has 1 aromatic rings. The molecule has 0 radical (unpaired) electrons. The predicted octanol–water partition coefficient (Wildman–Crippen LogP) is 2.80. The van der Waals surface area contributed by atoms with E-state index in [1.807, 2.05) is 12.1 Å². The van der Waals surface area contributed by atoms with Gasteiger partial charge in [0.15, 0.2) is 0 Å². The summed E-state index contributed by atoms with van der Waals surface area (Å²) in [6, 6.07) is 6.73. The van der Waals surface area contributed by atoms with Gasteiger partial charge in [-0.05, 0) is 36.6 Å². The van der Waals surface area contributed by atoms with Crippen molar-refractivity contribution in [3.05, 3.63) is 28.8 Å². The molecular formula is C15H23ClN2O. The molecule has 0 aliphatic carbocycles. The van der Waals surface area contributed by atoms with Crippen LogP contribution in [0.25, 0.3) is 0 Å². The summed E-state index contributed by atoms with van der Waals surface area (Å²) in [7, 11) is 0. The van der Waals surface area contributed by atoms with Crippen molar-refractivity contribution in [2.24, 2.45) is 0 Å². The van der Waals surface area contributed by atoms with E-state index in [0.29, 0.717) is 6.04 Å². The summed E-state index contributed by atoms with van der Waals surface area (Å²) >= 11 is 6.11. The molecule has 0 amide bonds. The van der Waals surface area contributed by atoms with Crippen molar-refractivity contribution >= 4 is 17.3 Å². The molecule has 2 rings (SSSR count). The van der Waals surface area contributed by atoms with Gasteiger partial charge in [-0.2, -0.15) is 0 Å². The topological polar surface area (TPSA) is 35.5 Å². The third kappa shape index (κ3) is 3.62. The second-order valence-corrected chi connectivity index (χ2v) is 5.92. The Bertz CT molecular complexity index is 423. The molecule has 1 aliphatic heterocycles. The largest absolute Gasteiger partial charge is 0.394 e. The first kappa shape index (κ1) is 14.6. The van der Waals surface area contributed by atoms with E-state index in [-0.39, 0.29) is 12.6 Å². The molecule has 1 saturated heterocycles. The van der Waals surface area contributed by atoms with Gasteiger partial charge >= 0.3 is 0 Å². The van der Waals surface area contributed by atoms with Gasteiger partial charge in [-0.3, -0.25) is 0 Å². The summed E-state index contributed by atoms with van der Waals surface area (Å²) in [5, 5.41) is 13.7. The SMILES string of the molecule is CC(C)NCc1cc(Cl)ccc1N1CCCC1CO. The first-order chi connectivity index (χ1) is 9.11. The van der Waals surface area contributed by atoms with E-state index in [4.69, 9.17) is 11.6 Å². The third-order valence-electron chi connectivity index (χ3n) is 3.64. The van der Waals surface area contributed by atoms with Crippen LogP contribution in [0.5, 0.6) is 0 Å². The Morgan fingerprint density at radius 3 is 2.95 bits per heavy atom. The molecule has 0 saturated carbocycles. The van der Waals surface area contributed by atoms with Crippen molar-refractivity contribution in [2.75, 3.05) is 18.1 Å². The Kier molecular flexibility index (Phi) is 5.08. The standard InChI is InChI=1S/C15H23ClN2O/c1-11(2)17-9-12-8-13(16)5-6-15(12)18-7-3-4-14(18)10-19/h5-6,8,11,14,17,19H,3-4,7,9-10H2,1-2H3. The molecule has 1 heterocycles. The van der Waals surface area contributed by atoms with Gasteiger partial charge < -0.3 is 15.3 Å². The molecule has 1 atom stereocenters. The van der Waals surface area contributed by atoms with Gasteiger partial charge in [-0.25, -0.2) is 0 Å². The molecular weight excluding hydrogens is 260 g/mol. The number of nitrogens with zero attached hydrogens (tertiary/aromatic N) is 1. The number of rotatable bonds is 5. The van der Waals surface area contributed by atoms with Crippen LogP contribution in [0, 0.1) is 0 Å². The summed E-state index contributed by atoms with van der Waals surface area (Å²) in [4.78, 5) is 2.31. The quantitative estimate of drug-likeness (QED) is 0.872. The zero-order valence-corrected chi connectivity index (χ0v) is 12.5. The fourth-order valence-electron chi connectivity index (χ4n) is 2.63. The smallest absolute Gasteiger partial charge is 0.0635 e. The van der Waals surface area contributed by atoms with Gasteiger partial charge in [0.1, 0.15) is 0 Å². The van der Waals surface area contributed by atoms with E-state index in [1.165, 1.54) is 11.3 Å². The van der Waals surface area contributed by atoms with E-state index in [9.17, 15) is 5.11 Å². The number of nitrogens with one attached hydrogen (secondary N) is 1. The van der Waals surface area contributed by atoms with Gasteiger partial charge in [-0.1, -0.05) is 25.4 Å². The van der Waals surface area contributed by atoms with Gasteiger partial charge in [0.2, 0.25) is 0 Å². The van der Waals surface area contributed by atoms with E-state index >= 15 is 0 Å². The molecule has 0 bridgehead atoms. The van der Waals surface area contributed by atoms with Crippen LogP contribution in [0.1, 0.15) is 32.3 Å². The summed E-state index contributed by atoms with van der Waals surface area (Å²) in [5.74, 6) is 0. The molecule has 2 N–H and O–H groups in total. The second kappa shape index (κ2) is 6.60. The maximum absolute atomic E-state index is 9.48. The van der Waals surface area contributed by atoms with E-state index in [2.05, 4.69) is 30.1 Å². The van der Waals surface area contributed by atoms with E-state index < -0.39 is 0 Å². The second-order valence-electron chi connectivity index (χ2n) is 5.48. The first-order valence-corrected chi connectivity index (χ1v) is 7.39. The Morgan fingerprint density at radius 2 is 2.26 bits per heavy atom. The Morgan fingerprint density at radius 1 is 1.47 bits per heavy atom. The predicted molar refractivity (Wildman–Crippen MR) is 80.9 cm³/mol. The fourth-order valence-corrected chi connectivity index (χ4v) is 2.83. The molecule has 3 nitrogen and oxygen atoms in total. The highest BCUT2D eigenvalue weighted by atomic mass is 35.5. The fraction of sp³-hybridized carbons (Fsp3) is 0.600. The van der Waals surface area contributed by atoms with E-state index in [0.717, 1.165) is 31.0 Å². The molecule has 1 aliphatic rings. The van der Waals surface area contributed by atoms with Crippen molar-refractivity contribution < 1.29 is 5.11 Å². The number of hydrogen-bond donors (Lipinski definition) is 2. The maximum atomic E-state index is 9.48. The van der Waals surface area contributed by atoms with Crippen molar-refractivity contribution in [1.29, 1.82) is 0 Å². The Labute approximate surface area is 120 Å². The average molecular weight is 283 g/mol. The van der Waals surface area contributed by atoms with Crippen LogP contribution in [0.15, 0.2) is 18.2 Å². The number of benzene rings is 1. The minimum atomic E-state index is 0.222. The number of aliphatic hydroxyl groups excluding tert-OH is 1. The molecule has 106 valence electrons. The number of anilines is 1. The third-order valence-corrected chi connectivity index (χ3v) is 3.87. The van der Waals surface area contributed by atoms with Gasteiger partial charge in [0.25, 0.3) is 0 Å². The van der Waals surface area contributed by atoms with Crippen molar-refractivity contribution in [3.8, 4) is 0 Å². The van der Waals surface area contributed by atoms with Crippen molar-refractivity contribution in [1.82, 2.24) is 5.32 Å². The molecule has 4 heteroatoms. The highest BCUT2D eigenvalue weighted by molar-refractivity contribution is 6.30. The first-order valence-electron chi connectivity index (χ1n) is 7.01. The van der Waals surface area contributed by atoms with Crippen LogP contribution in [-0.2, 0) is 6.54 Å². The van der Waals surface area contributed by atoms with Crippen LogP contribution in [0.4, 0.5) is 5.69 Å². The summed E-state index contributed by atoms with van der Waals surface area (Å²) in [6.45, 7) is 6.32. The molecule has 0 aromatic heterocycles. The van der Waals surface area contributed by atoms with Crippen LogP contribution < -0.4 is 10.2 Å². The van der Waals surface area contributed by atoms with Crippen LogP contribution in [-0.4, -0.2) is 30.3 Å². The summed E-state index contributed by atoms with van der Waals surface area (Å²) in [5.41, 5.74) is 2.41. The summed E-state index contributed by atoms with van der Waals surface area (Å²) in [6.07, 6.45) is 2.21. The maximum Gasteiger partial charge on any atom is 0.0635 e. The lowest BCUT2D eigenvalue weighted by Gasteiger charge is -2.28. The normalized spacial score (nSPS) is 19.4. The van der Waals surface area contributed by atoms with Crippen LogP contribution in [0.3, 0.4) is 0 Å². The van der Waals surface area contributed by atoms with Crippen LogP contribution >= 0.6 is 11.6 Å². The summed E-state index contributed by atoms with van der Waals surface area (Å²) < 4.78 is 0. The van der Waals surface area contributed by atoms with Gasteiger partial charge in [0.05, 0.1) is 12.6 Å². The lowest BCUT2D eigenvalue weighted by molar-refractivity contribution is 0.266. The van der Waals surface area contributed by atoms with Crippen molar-refractivity contribution in [3.63, 3.8) is 0 Å². The minimum Gasteiger partial charge on any atom is -0.394 e. The zero-order valence-electron chi connectivity index (χ0n) is 11.7.